The fourth-order valence-corrected chi connectivity index (χ4v) is 3.92. The van der Waals surface area contributed by atoms with Gasteiger partial charge in [-0.3, -0.25) is 9.59 Å². The van der Waals surface area contributed by atoms with E-state index < -0.39 is 42.6 Å². The molecule has 37 heavy (non-hydrogen) atoms. The van der Waals surface area contributed by atoms with Gasteiger partial charge in [0.1, 0.15) is 5.60 Å². The number of ether oxygens (including phenoxy) is 3. The zero-order valence-electron chi connectivity index (χ0n) is 21.2. The van der Waals surface area contributed by atoms with Crippen LogP contribution in [-0.4, -0.2) is 83.3 Å². The molecule has 2 rings (SSSR count). The average molecular weight is 523 g/mol. The molecule has 1 fully saturated rings. The monoisotopic (exact) mass is 522 g/mol. The van der Waals surface area contributed by atoms with Crippen LogP contribution in [0.15, 0.2) is 18.2 Å². The van der Waals surface area contributed by atoms with Gasteiger partial charge in [-0.05, 0) is 70.6 Å². The van der Waals surface area contributed by atoms with E-state index in [-0.39, 0.29) is 35.6 Å². The number of nitrogens with one attached hydrogen (secondary N) is 1. The van der Waals surface area contributed by atoms with Crippen molar-refractivity contribution in [2.24, 2.45) is 5.92 Å². The topological polar surface area (TPSA) is 169 Å². The van der Waals surface area contributed by atoms with Gasteiger partial charge in [-0.25, -0.2) is 14.4 Å². The highest BCUT2D eigenvalue weighted by Gasteiger charge is 2.28. The molecule has 0 saturated heterocycles. The average Bonchev–Trinajstić information content (AvgIpc) is 2.82. The van der Waals surface area contributed by atoms with Crippen molar-refractivity contribution in [3.63, 3.8) is 0 Å². The zero-order valence-corrected chi connectivity index (χ0v) is 21.2. The number of hydrogen-bond donors (Lipinski definition) is 3. The lowest BCUT2D eigenvalue weighted by molar-refractivity contribution is -0.140. The number of rotatable bonds is 13. The van der Waals surface area contributed by atoms with Gasteiger partial charge in [-0.15, -0.1) is 0 Å². The third-order valence-corrected chi connectivity index (χ3v) is 5.65. The van der Waals surface area contributed by atoms with Gasteiger partial charge < -0.3 is 34.6 Å². The van der Waals surface area contributed by atoms with E-state index in [4.69, 9.17) is 24.4 Å². The van der Waals surface area contributed by atoms with E-state index in [1.807, 2.05) is 0 Å². The first-order chi connectivity index (χ1) is 17.4. The molecule has 0 radical (unpaired) electrons. The summed E-state index contributed by atoms with van der Waals surface area (Å²) in [5.74, 6) is -2.77. The number of Topliss-reactive ketones (excluding diaryl/α,β-unsaturated/α-hetero) is 1. The number of nitrogens with zero attached hydrogens (tertiary/aromatic N) is 1. The van der Waals surface area contributed by atoms with Crippen LogP contribution in [0.25, 0.3) is 0 Å². The molecule has 1 aliphatic carbocycles. The Labute approximate surface area is 214 Å². The summed E-state index contributed by atoms with van der Waals surface area (Å²) in [5, 5.41) is 20.5. The maximum absolute atomic E-state index is 12.9. The molecule has 2 amide bonds. The fraction of sp³-hybridized carbons (Fsp3) is 0.560. The van der Waals surface area contributed by atoms with Gasteiger partial charge in [0.25, 0.3) is 0 Å². The number of benzene rings is 1. The summed E-state index contributed by atoms with van der Waals surface area (Å²) >= 11 is 0. The van der Waals surface area contributed by atoms with Gasteiger partial charge in [0.2, 0.25) is 6.41 Å². The number of carbonyl (C=O) groups is 5. The quantitative estimate of drug-likeness (QED) is 0.258. The van der Waals surface area contributed by atoms with E-state index in [1.54, 1.807) is 20.8 Å². The molecular weight excluding hydrogens is 488 g/mol. The number of carbonyl (C=O) groups excluding carboxylic acids is 3. The highest BCUT2D eigenvalue weighted by molar-refractivity contribution is 5.99. The zero-order chi connectivity index (χ0) is 27.6. The molecule has 0 heterocycles. The summed E-state index contributed by atoms with van der Waals surface area (Å²) in [6.45, 7) is 4.26. The highest BCUT2D eigenvalue weighted by atomic mass is 16.6. The Morgan fingerprint density at radius 1 is 1.00 bits per heavy atom. The molecule has 12 nitrogen and oxygen atoms in total. The lowest BCUT2D eigenvalue weighted by atomic mass is 9.85. The number of amides is 2. The van der Waals surface area contributed by atoms with Crippen molar-refractivity contribution in [3.8, 4) is 11.5 Å². The Hall–Kier alpha value is -3.83. The van der Waals surface area contributed by atoms with E-state index in [1.165, 1.54) is 23.1 Å². The number of carboxylic acid groups (broad SMARTS) is 2. The fourth-order valence-electron chi connectivity index (χ4n) is 3.92. The van der Waals surface area contributed by atoms with Gasteiger partial charge >= 0.3 is 18.0 Å². The Morgan fingerprint density at radius 2 is 1.59 bits per heavy atom. The van der Waals surface area contributed by atoms with Gasteiger partial charge in [-0.2, -0.15) is 0 Å². The molecule has 1 aliphatic rings. The molecule has 0 spiro atoms. The predicted octanol–water partition coefficient (Wildman–Crippen LogP) is 2.34. The SMILES string of the molecule is CC(C)(C)OC(=O)NC[C@H]1CC[C@H](N(C=O)CC(=O)c2ccc(OCC(=O)O)c(OCC(=O)O)c2)CC1. The molecule has 3 N–H and O–H groups in total. The second-order valence-corrected chi connectivity index (χ2v) is 9.78. The molecule has 1 aromatic carbocycles. The summed E-state index contributed by atoms with van der Waals surface area (Å²) in [6.07, 6.45) is 3.03. The summed E-state index contributed by atoms with van der Waals surface area (Å²) in [6, 6.07) is 3.85. The minimum absolute atomic E-state index is 0.0224. The molecule has 204 valence electrons. The molecule has 12 heteroatoms. The van der Waals surface area contributed by atoms with Crippen LogP contribution in [0.4, 0.5) is 4.79 Å². The minimum Gasteiger partial charge on any atom is -0.479 e. The van der Waals surface area contributed by atoms with E-state index >= 15 is 0 Å². The van der Waals surface area contributed by atoms with Crippen LogP contribution >= 0.6 is 0 Å². The number of aliphatic carboxylic acids is 2. The first-order valence-corrected chi connectivity index (χ1v) is 11.9. The number of ketones is 1. The summed E-state index contributed by atoms with van der Waals surface area (Å²) in [7, 11) is 0. The number of carboxylic acids is 2. The van der Waals surface area contributed by atoms with Gasteiger partial charge in [0, 0.05) is 18.2 Å². The third-order valence-electron chi connectivity index (χ3n) is 5.65. The molecule has 0 aromatic heterocycles. The van der Waals surface area contributed by atoms with E-state index in [0.29, 0.717) is 25.8 Å². The highest BCUT2D eigenvalue weighted by Crippen LogP contribution is 2.30. The lowest BCUT2D eigenvalue weighted by Gasteiger charge is -2.34. The van der Waals surface area contributed by atoms with Crippen molar-refractivity contribution in [2.45, 2.75) is 58.1 Å². The van der Waals surface area contributed by atoms with Crippen molar-refractivity contribution >= 4 is 30.2 Å². The van der Waals surface area contributed by atoms with Gasteiger partial charge in [0.15, 0.2) is 30.5 Å². The van der Waals surface area contributed by atoms with Crippen molar-refractivity contribution in [1.29, 1.82) is 0 Å². The summed E-state index contributed by atoms with van der Waals surface area (Å²) in [5.41, 5.74) is -0.418. The van der Waals surface area contributed by atoms with Crippen molar-refractivity contribution in [3.05, 3.63) is 23.8 Å². The normalized spacial score (nSPS) is 17.3. The van der Waals surface area contributed by atoms with Crippen LogP contribution < -0.4 is 14.8 Å². The Bertz CT molecular complexity index is 980. The summed E-state index contributed by atoms with van der Waals surface area (Å²) < 4.78 is 15.5. The van der Waals surface area contributed by atoms with Crippen molar-refractivity contribution < 1.29 is 48.4 Å². The van der Waals surface area contributed by atoms with E-state index in [9.17, 15) is 24.0 Å². The first-order valence-electron chi connectivity index (χ1n) is 11.9. The van der Waals surface area contributed by atoms with Gasteiger partial charge in [0.05, 0.1) is 6.54 Å². The Morgan fingerprint density at radius 3 is 2.14 bits per heavy atom. The second kappa shape index (κ2) is 13.5. The van der Waals surface area contributed by atoms with Crippen LogP contribution in [0.3, 0.4) is 0 Å². The Kier molecular flexibility index (Phi) is 10.7. The smallest absolute Gasteiger partial charge is 0.407 e. The second-order valence-electron chi connectivity index (χ2n) is 9.78. The van der Waals surface area contributed by atoms with E-state index in [2.05, 4.69) is 5.32 Å². The maximum atomic E-state index is 12.9. The van der Waals surface area contributed by atoms with Crippen LogP contribution in [0.5, 0.6) is 11.5 Å². The van der Waals surface area contributed by atoms with Crippen LogP contribution in [0, 0.1) is 5.92 Å². The first kappa shape index (κ1) is 29.4. The predicted molar refractivity (Wildman–Crippen MR) is 130 cm³/mol. The standard InChI is InChI=1S/C25H34N2O10/c1-25(2,3)37-24(34)26-11-16-4-7-18(8-5-16)27(15-28)12-19(29)17-6-9-20(35-13-22(30)31)21(10-17)36-14-23(32)33/h6,9-10,15-16,18H,4-5,7-8,11-14H2,1-3H3,(H,26,34)(H,30,31)(H,32,33)/t16-,18-. The largest absolute Gasteiger partial charge is 0.479 e. The molecule has 1 saturated carbocycles. The molecule has 0 unspecified atom stereocenters. The van der Waals surface area contributed by atoms with Crippen LogP contribution in [-0.2, 0) is 19.1 Å². The minimum atomic E-state index is -1.26. The van der Waals surface area contributed by atoms with E-state index in [0.717, 1.165) is 12.8 Å². The van der Waals surface area contributed by atoms with Crippen molar-refractivity contribution in [1.82, 2.24) is 10.2 Å². The molecule has 0 atom stereocenters. The summed E-state index contributed by atoms with van der Waals surface area (Å²) in [4.78, 5) is 59.7. The molecule has 1 aromatic rings. The lowest BCUT2D eigenvalue weighted by Crippen LogP contribution is -2.42. The maximum Gasteiger partial charge on any atom is 0.407 e. The van der Waals surface area contributed by atoms with Gasteiger partial charge in [-0.1, -0.05) is 0 Å². The number of alkyl carbamates (subject to hydrolysis) is 1. The van der Waals surface area contributed by atoms with Crippen LogP contribution in [0.2, 0.25) is 0 Å². The molecular formula is C25H34N2O10. The molecule has 0 bridgehead atoms. The molecule has 0 aliphatic heterocycles. The number of hydrogen-bond acceptors (Lipinski definition) is 8. The van der Waals surface area contributed by atoms with Crippen molar-refractivity contribution in [2.75, 3.05) is 26.3 Å². The third kappa shape index (κ3) is 10.4. The van der Waals surface area contributed by atoms with Crippen LogP contribution in [0.1, 0.15) is 56.8 Å². The Balaban J connectivity index is 1.96.